The monoisotopic (exact) mass is 553 g/mol. The van der Waals surface area contributed by atoms with Crippen LogP contribution in [-0.4, -0.2) is 53.4 Å². The number of aromatic amines is 1. The van der Waals surface area contributed by atoms with Gasteiger partial charge in [0.1, 0.15) is 11.4 Å². The summed E-state index contributed by atoms with van der Waals surface area (Å²) >= 11 is 0. The zero-order chi connectivity index (χ0) is 27.6. The predicted molar refractivity (Wildman–Crippen MR) is 138 cm³/mol. The van der Waals surface area contributed by atoms with Crippen LogP contribution in [0.2, 0.25) is 0 Å². The summed E-state index contributed by atoms with van der Waals surface area (Å²) in [6.07, 6.45) is 2.93. The number of alkyl halides is 2. The molecule has 0 bridgehead atoms. The summed E-state index contributed by atoms with van der Waals surface area (Å²) in [7, 11) is -0.756. The average molecular weight is 554 g/mol. The number of aromatic nitrogens is 4. The number of hydrogen-bond donors (Lipinski definition) is 1. The summed E-state index contributed by atoms with van der Waals surface area (Å²) in [5.41, 5.74) is 1.68. The molecule has 0 saturated heterocycles. The Balaban J connectivity index is 1.56. The molecule has 3 aromatic heterocycles. The molecular weight excluding hydrogens is 532 g/mol. The van der Waals surface area contributed by atoms with Gasteiger partial charge in [0.05, 0.1) is 15.9 Å². The van der Waals surface area contributed by atoms with Crippen LogP contribution in [0.1, 0.15) is 0 Å². The molecule has 0 saturated carbocycles. The van der Waals surface area contributed by atoms with Crippen molar-refractivity contribution in [2.45, 2.75) is 11.5 Å². The first-order valence-electron chi connectivity index (χ1n) is 11.4. The molecule has 0 unspecified atom stereocenters. The molecule has 5 rings (SSSR count). The van der Waals surface area contributed by atoms with Crippen LogP contribution in [-0.2, 0) is 10.0 Å². The lowest BCUT2D eigenvalue weighted by Gasteiger charge is -2.15. The summed E-state index contributed by atoms with van der Waals surface area (Å²) in [6.45, 7) is -3.11. The van der Waals surface area contributed by atoms with E-state index in [1.807, 2.05) is 6.07 Å². The van der Waals surface area contributed by atoms with Crippen LogP contribution in [0.15, 0.2) is 84.0 Å². The van der Waals surface area contributed by atoms with Crippen molar-refractivity contribution in [2.75, 3.05) is 14.1 Å². The Morgan fingerprint density at radius 1 is 0.872 bits per heavy atom. The molecule has 1 N–H and O–H groups in total. The first-order valence-corrected chi connectivity index (χ1v) is 12.9. The number of benzene rings is 2. The highest BCUT2D eigenvalue weighted by Crippen LogP contribution is 2.40. The lowest BCUT2D eigenvalue weighted by atomic mass is 10.2. The number of halogens is 2. The fourth-order valence-corrected chi connectivity index (χ4v) is 4.47. The van der Waals surface area contributed by atoms with Gasteiger partial charge in [-0.05, 0) is 48.5 Å². The molecule has 0 aliphatic heterocycles. The maximum absolute atomic E-state index is 12.9. The van der Waals surface area contributed by atoms with E-state index in [9.17, 15) is 17.2 Å². The van der Waals surface area contributed by atoms with Crippen molar-refractivity contribution in [2.24, 2.45) is 0 Å². The van der Waals surface area contributed by atoms with Gasteiger partial charge in [-0.25, -0.2) is 22.7 Å². The van der Waals surface area contributed by atoms with Crippen molar-refractivity contribution in [3.8, 4) is 40.4 Å². The number of H-pyrrole nitrogens is 1. The number of rotatable bonds is 9. The maximum Gasteiger partial charge on any atom is 0.388 e. The summed E-state index contributed by atoms with van der Waals surface area (Å²) in [5, 5.41) is 0. The van der Waals surface area contributed by atoms with Gasteiger partial charge < -0.3 is 19.2 Å². The third-order valence-electron chi connectivity index (χ3n) is 5.44. The van der Waals surface area contributed by atoms with Crippen molar-refractivity contribution in [1.29, 1.82) is 0 Å². The largest absolute Gasteiger partial charge is 0.453 e. The van der Waals surface area contributed by atoms with Crippen LogP contribution in [0.3, 0.4) is 0 Å². The predicted octanol–water partition coefficient (Wildman–Crippen LogP) is 5.46. The SMILES string of the molecule is CN(C)S(=O)(=O)c1ccc(Oc2cc3[nH]c(-c4ccccn4)nc3cc2Oc2cccnc2OC(F)F)cc1. The van der Waals surface area contributed by atoms with E-state index in [0.29, 0.717) is 28.3 Å². The Bertz CT molecular complexity index is 1710. The lowest BCUT2D eigenvalue weighted by molar-refractivity contribution is -0.0541. The van der Waals surface area contributed by atoms with Crippen molar-refractivity contribution in [1.82, 2.24) is 24.2 Å². The zero-order valence-electron chi connectivity index (χ0n) is 20.6. The van der Waals surface area contributed by atoms with Gasteiger partial charge >= 0.3 is 6.61 Å². The van der Waals surface area contributed by atoms with Crippen LogP contribution < -0.4 is 14.2 Å². The third-order valence-corrected chi connectivity index (χ3v) is 7.27. The topological polar surface area (TPSA) is 120 Å². The zero-order valence-corrected chi connectivity index (χ0v) is 21.4. The minimum atomic E-state index is -3.63. The molecule has 0 atom stereocenters. The standard InChI is InChI=1S/C26H21F2N5O5S/c1-33(2)39(34,35)17-10-8-16(9-11-17)36-22-14-19-20(32-24(31-19)18-6-3-4-12-29-18)15-23(22)37-21-7-5-13-30-25(21)38-26(27)28/h3-15,26H,1-2H3,(H,31,32). The third kappa shape index (κ3) is 5.63. The van der Waals surface area contributed by atoms with Crippen molar-refractivity contribution in [3.63, 3.8) is 0 Å². The van der Waals surface area contributed by atoms with Gasteiger partial charge in [-0.15, -0.1) is 0 Å². The first kappa shape index (κ1) is 26.0. The van der Waals surface area contributed by atoms with E-state index >= 15 is 0 Å². The van der Waals surface area contributed by atoms with E-state index in [1.54, 1.807) is 30.5 Å². The van der Waals surface area contributed by atoms with Gasteiger partial charge in [0.2, 0.25) is 10.0 Å². The highest BCUT2D eigenvalue weighted by Gasteiger charge is 2.20. The second kappa shape index (κ2) is 10.6. The maximum atomic E-state index is 12.9. The molecule has 200 valence electrons. The van der Waals surface area contributed by atoms with Gasteiger partial charge in [0.15, 0.2) is 23.1 Å². The van der Waals surface area contributed by atoms with E-state index < -0.39 is 22.5 Å². The quantitative estimate of drug-likeness (QED) is 0.256. The Morgan fingerprint density at radius 3 is 2.31 bits per heavy atom. The fraction of sp³-hybridized carbons (Fsp3) is 0.115. The second-order valence-corrected chi connectivity index (χ2v) is 10.4. The molecule has 0 radical (unpaired) electrons. The summed E-state index contributed by atoms with van der Waals surface area (Å²) in [6, 6.07) is 17.3. The number of imidazole rings is 1. The Morgan fingerprint density at radius 2 is 1.62 bits per heavy atom. The summed E-state index contributed by atoms with van der Waals surface area (Å²) in [4.78, 5) is 16.0. The lowest BCUT2D eigenvalue weighted by Crippen LogP contribution is -2.22. The molecule has 0 aliphatic rings. The van der Waals surface area contributed by atoms with Gasteiger partial charge in [0.25, 0.3) is 5.88 Å². The van der Waals surface area contributed by atoms with E-state index in [-0.39, 0.29) is 22.1 Å². The van der Waals surface area contributed by atoms with Crippen molar-refractivity contribution in [3.05, 3.63) is 79.1 Å². The molecule has 0 spiro atoms. The Kier molecular flexibility index (Phi) is 7.09. The van der Waals surface area contributed by atoms with Crippen molar-refractivity contribution >= 4 is 21.1 Å². The van der Waals surface area contributed by atoms with E-state index in [1.165, 1.54) is 56.7 Å². The smallest absolute Gasteiger partial charge is 0.388 e. The molecule has 0 aliphatic carbocycles. The van der Waals surface area contributed by atoms with E-state index in [0.717, 1.165) is 4.31 Å². The summed E-state index contributed by atoms with van der Waals surface area (Å²) in [5.74, 6) is 0.627. The molecule has 10 nitrogen and oxygen atoms in total. The minimum Gasteiger partial charge on any atom is -0.453 e. The average Bonchev–Trinajstić information content (AvgIpc) is 3.33. The minimum absolute atomic E-state index is 0.0742. The first-order chi connectivity index (χ1) is 18.7. The van der Waals surface area contributed by atoms with E-state index in [4.69, 9.17) is 9.47 Å². The van der Waals surface area contributed by atoms with Crippen LogP contribution in [0.25, 0.3) is 22.6 Å². The van der Waals surface area contributed by atoms with Crippen LogP contribution in [0.4, 0.5) is 8.78 Å². The fourth-order valence-electron chi connectivity index (χ4n) is 3.56. The highest BCUT2D eigenvalue weighted by atomic mass is 32.2. The second-order valence-electron chi connectivity index (χ2n) is 8.26. The summed E-state index contributed by atoms with van der Waals surface area (Å²) < 4.78 is 68.3. The number of ether oxygens (including phenoxy) is 3. The van der Waals surface area contributed by atoms with Gasteiger partial charge in [0, 0.05) is 38.6 Å². The molecule has 13 heteroatoms. The highest BCUT2D eigenvalue weighted by molar-refractivity contribution is 7.89. The van der Waals surface area contributed by atoms with Crippen molar-refractivity contribution < 1.29 is 31.4 Å². The van der Waals surface area contributed by atoms with E-state index in [2.05, 4.69) is 24.7 Å². The molecule has 2 aromatic carbocycles. The molecule has 5 aromatic rings. The molecule has 0 fully saturated rings. The number of nitrogens with zero attached hydrogens (tertiary/aromatic N) is 4. The van der Waals surface area contributed by atoms with Crippen LogP contribution in [0, 0.1) is 0 Å². The number of pyridine rings is 2. The Hall–Kier alpha value is -4.62. The van der Waals surface area contributed by atoms with Crippen LogP contribution >= 0.6 is 0 Å². The molecule has 39 heavy (non-hydrogen) atoms. The Labute approximate surface area is 221 Å². The molecule has 3 heterocycles. The number of sulfonamides is 1. The van der Waals surface area contributed by atoms with Gasteiger partial charge in [-0.2, -0.15) is 8.78 Å². The number of nitrogens with one attached hydrogen (secondary N) is 1. The van der Waals surface area contributed by atoms with Gasteiger partial charge in [-0.3, -0.25) is 4.98 Å². The van der Waals surface area contributed by atoms with Gasteiger partial charge in [-0.1, -0.05) is 6.07 Å². The van der Waals surface area contributed by atoms with Crippen LogP contribution in [0.5, 0.6) is 28.9 Å². The molecule has 0 amide bonds. The molecular formula is C26H21F2N5O5S. The number of hydrogen-bond acceptors (Lipinski definition) is 8. The normalized spacial score (nSPS) is 11.7. The number of fused-ring (bicyclic) bond motifs is 1.